The second-order valence-corrected chi connectivity index (χ2v) is 15.1. The minimum atomic E-state index is -3.63. The molecule has 0 saturated carbocycles. The Morgan fingerprint density at radius 1 is 1.10 bits per heavy atom. The molecule has 2 atom stereocenters. The Labute approximate surface area is 248 Å². The lowest BCUT2D eigenvalue weighted by Gasteiger charge is -2.38. The van der Waals surface area contributed by atoms with Crippen LogP contribution in [0.5, 0.6) is 11.5 Å². The number of sulfonamides is 2. The van der Waals surface area contributed by atoms with Crippen molar-refractivity contribution < 1.29 is 36.2 Å². The molecule has 0 radical (unpaired) electrons. The third kappa shape index (κ3) is 6.62. The van der Waals surface area contributed by atoms with Crippen LogP contribution in [0.1, 0.15) is 43.2 Å². The van der Waals surface area contributed by atoms with E-state index in [2.05, 4.69) is 10.0 Å². The molecule has 0 bridgehead atoms. The molecule has 2 unspecified atom stereocenters. The predicted octanol–water partition coefficient (Wildman–Crippen LogP) is 1.82. The third-order valence-corrected chi connectivity index (χ3v) is 12.0. The molecule has 232 valence electrons. The molecule has 0 aromatic heterocycles. The normalized spacial score (nSPS) is 21.6. The quantitative estimate of drug-likeness (QED) is 0.342. The van der Waals surface area contributed by atoms with Crippen LogP contribution in [-0.2, 0) is 37.6 Å². The van der Waals surface area contributed by atoms with Gasteiger partial charge in [-0.2, -0.15) is 4.31 Å². The first kappa shape index (κ1) is 31.2. The van der Waals surface area contributed by atoms with Crippen LogP contribution in [0.4, 0.5) is 0 Å². The monoisotopic (exact) mass is 623 g/mol. The van der Waals surface area contributed by atoms with E-state index in [0.29, 0.717) is 43.2 Å². The Hall–Kier alpha value is -2.26. The van der Waals surface area contributed by atoms with Crippen molar-refractivity contribution in [3.8, 4) is 11.5 Å². The van der Waals surface area contributed by atoms with Crippen molar-refractivity contribution >= 4 is 20.0 Å². The summed E-state index contributed by atoms with van der Waals surface area (Å²) in [4.78, 5) is 0.498. The number of ether oxygens (including phenoxy) is 3. The standard InChI is InChI=1S/C29H41N3O8S2/c1-30-41(34,35)24-7-5-6-23(16-24)39-20-22(33)18-31-21-17-29(40-19-21)12-14-32(15-13-29)42(36,37)28-11-10-27(38-2)25-8-3-4-9-26(25)28/h5-7,10-11,16,21-22,30-31,33H,3-4,8-9,12-15,17-20H2,1-2H3. The first-order valence-corrected chi connectivity index (χ1v) is 17.4. The summed E-state index contributed by atoms with van der Waals surface area (Å²) in [5.74, 6) is 1.12. The molecule has 42 heavy (non-hydrogen) atoms. The van der Waals surface area contributed by atoms with Crippen LogP contribution < -0.4 is 19.5 Å². The molecular weight excluding hydrogens is 582 g/mol. The van der Waals surface area contributed by atoms with Gasteiger partial charge < -0.3 is 24.6 Å². The van der Waals surface area contributed by atoms with E-state index in [4.69, 9.17) is 14.2 Å². The fourth-order valence-electron chi connectivity index (χ4n) is 6.23. The second kappa shape index (κ2) is 12.8. The number of rotatable bonds is 11. The Morgan fingerprint density at radius 2 is 1.83 bits per heavy atom. The molecule has 2 heterocycles. The average Bonchev–Trinajstić information content (AvgIpc) is 3.40. The number of piperidine rings is 1. The summed E-state index contributed by atoms with van der Waals surface area (Å²) < 4.78 is 72.6. The van der Waals surface area contributed by atoms with Crippen molar-refractivity contribution in [2.45, 2.75) is 72.5 Å². The van der Waals surface area contributed by atoms with Gasteiger partial charge in [-0.25, -0.2) is 21.6 Å². The van der Waals surface area contributed by atoms with Gasteiger partial charge in [-0.15, -0.1) is 0 Å². The molecule has 2 aromatic carbocycles. The van der Waals surface area contributed by atoms with E-state index in [-0.39, 0.29) is 29.7 Å². The lowest BCUT2D eigenvalue weighted by atomic mass is 9.88. The smallest absolute Gasteiger partial charge is 0.243 e. The number of benzene rings is 2. The number of aliphatic hydroxyl groups excluding tert-OH is 1. The summed E-state index contributed by atoms with van der Waals surface area (Å²) in [6, 6.07) is 9.62. The highest BCUT2D eigenvalue weighted by atomic mass is 32.2. The fourth-order valence-corrected chi connectivity index (χ4v) is 8.72. The fraction of sp³-hybridized carbons (Fsp3) is 0.586. The molecule has 13 heteroatoms. The molecule has 1 aliphatic carbocycles. The van der Waals surface area contributed by atoms with Crippen molar-refractivity contribution in [3.05, 3.63) is 47.5 Å². The highest BCUT2D eigenvalue weighted by Crippen LogP contribution is 2.40. The largest absolute Gasteiger partial charge is 0.496 e. The maximum Gasteiger partial charge on any atom is 0.243 e. The van der Waals surface area contributed by atoms with Gasteiger partial charge in [-0.05, 0) is 87.4 Å². The van der Waals surface area contributed by atoms with Gasteiger partial charge >= 0.3 is 0 Å². The molecule has 5 rings (SSSR count). The predicted molar refractivity (Wildman–Crippen MR) is 157 cm³/mol. The van der Waals surface area contributed by atoms with Crippen molar-refractivity contribution in [1.29, 1.82) is 0 Å². The molecule has 2 aromatic rings. The highest BCUT2D eigenvalue weighted by molar-refractivity contribution is 7.89. The average molecular weight is 624 g/mol. The molecule has 3 N–H and O–H groups in total. The molecule has 11 nitrogen and oxygen atoms in total. The molecule has 2 fully saturated rings. The van der Waals surface area contributed by atoms with Gasteiger partial charge in [0.25, 0.3) is 0 Å². The van der Waals surface area contributed by atoms with E-state index in [1.165, 1.54) is 19.2 Å². The lowest BCUT2D eigenvalue weighted by molar-refractivity contribution is -0.0312. The highest BCUT2D eigenvalue weighted by Gasteiger charge is 2.45. The van der Waals surface area contributed by atoms with Crippen molar-refractivity contribution in [3.63, 3.8) is 0 Å². The molecular formula is C29H41N3O8S2. The summed E-state index contributed by atoms with van der Waals surface area (Å²) in [5.41, 5.74) is 1.54. The van der Waals surface area contributed by atoms with Gasteiger partial charge in [0.15, 0.2) is 0 Å². The minimum absolute atomic E-state index is 0.00332. The van der Waals surface area contributed by atoms with Gasteiger partial charge in [0.1, 0.15) is 24.2 Å². The van der Waals surface area contributed by atoms with Gasteiger partial charge in [-0.3, -0.25) is 0 Å². The topological polar surface area (TPSA) is 144 Å². The van der Waals surface area contributed by atoms with Crippen LogP contribution in [0.2, 0.25) is 0 Å². The second-order valence-electron chi connectivity index (χ2n) is 11.3. The van der Waals surface area contributed by atoms with Crippen LogP contribution in [0, 0.1) is 0 Å². The number of hydrogen-bond donors (Lipinski definition) is 3. The maximum atomic E-state index is 13.7. The van der Waals surface area contributed by atoms with Crippen LogP contribution in [-0.4, -0.2) is 91.0 Å². The SMILES string of the molecule is CNS(=O)(=O)c1cccc(OCC(O)CNC2COC3(CCN(S(=O)(=O)c4ccc(OC)c5c4CCCC5)CC3)C2)c1. The molecule has 2 saturated heterocycles. The first-order chi connectivity index (χ1) is 20.1. The van der Waals surface area contributed by atoms with Crippen LogP contribution in [0.3, 0.4) is 0 Å². The zero-order valence-corrected chi connectivity index (χ0v) is 25.8. The Morgan fingerprint density at radius 3 is 2.55 bits per heavy atom. The summed E-state index contributed by atoms with van der Waals surface area (Å²) in [7, 11) is -4.25. The van der Waals surface area contributed by atoms with Crippen molar-refractivity contribution in [2.24, 2.45) is 0 Å². The zero-order valence-electron chi connectivity index (χ0n) is 24.2. The number of aliphatic hydroxyl groups is 1. The van der Waals surface area contributed by atoms with Crippen molar-refractivity contribution in [1.82, 2.24) is 14.3 Å². The number of nitrogens with zero attached hydrogens (tertiary/aromatic N) is 1. The van der Waals surface area contributed by atoms with E-state index >= 15 is 0 Å². The summed E-state index contributed by atoms with van der Waals surface area (Å²) in [5, 5.41) is 13.8. The molecule has 0 amide bonds. The van der Waals surface area contributed by atoms with Crippen LogP contribution in [0.15, 0.2) is 46.2 Å². The van der Waals surface area contributed by atoms with E-state index in [1.54, 1.807) is 35.7 Å². The van der Waals surface area contributed by atoms with Gasteiger partial charge in [-0.1, -0.05) is 6.07 Å². The Bertz CT molecular complexity index is 1470. The van der Waals surface area contributed by atoms with Gasteiger partial charge in [0.05, 0.1) is 29.1 Å². The first-order valence-electron chi connectivity index (χ1n) is 14.5. The lowest BCUT2D eigenvalue weighted by Crippen LogP contribution is -2.47. The number of fused-ring (bicyclic) bond motifs is 1. The minimum Gasteiger partial charge on any atom is -0.496 e. The van der Waals surface area contributed by atoms with E-state index < -0.39 is 26.2 Å². The molecule has 1 spiro atoms. The molecule has 2 aliphatic heterocycles. The van der Waals surface area contributed by atoms with E-state index in [9.17, 15) is 21.9 Å². The summed E-state index contributed by atoms with van der Waals surface area (Å²) >= 11 is 0. The molecule has 3 aliphatic rings. The Kier molecular flexibility index (Phi) is 9.48. The Balaban J connectivity index is 1.11. The number of nitrogens with one attached hydrogen (secondary N) is 2. The van der Waals surface area contributed by atoms with Crippen molar-refractivity contribution in [2.75, 3.05) is 47.0 Å². The zero-order chi connectivity index (χ0) is 30.0. The third-order valence-electron chi connectivity index (χ3n) is 8.60. The maximum absolute atomic E-state index is 13.7. The van der Waals surface area contributed by atoms with Crippen LogP contribution >= 0.6 is 0 Å². The van der Waals surface area contributed by atoms with E-state index in [0.717, 1.165) is 49.0 Å². The summed E-state index contributed by atoms with van der Waals surface area (Å²) in [6.45, 7) is 1.55. The van der Waals surface area contributed by atoms with Gasteiger partial charge in [0, 0.05) is 31.7 Å². The van der Waals surface area contributed by atoms with E-state index in [1.807, 2.05) is 0 Å². The number of hydrogen-bond acceptors (Lipinski definition) is 9. The summed E-state index contributed by atoms with van der Waals surface area (Å²) in [6.07, 6.45) is 4.74. The number of methoxy groups -OCH3 is 1. The van der Waals surface area contributed by atoms with Gasteiger partial charge in [0.2, 0.25) is 20.0 Å². The van der Waals surface area contributed by atoms with Crippen LogP contribution in [0.25, 0.3) is 0 Å².